The average molecular weight is 246 g/mol. The predicted octanol–water partition coefficient (Wildman–Crippen LogP) is 0.670. The number of carbonyl (C=O) groups is 1. The number of nitrogen functional groups attached to an aromatic ring is 1. The second-order valence-corrected chi connectivity index (χ2v) is 3.81. The van der Waals surface area contributed by atoms with E-state index in [1.54, 1.807) is 12.4 Å². The van der Waals surface area contributed by atoms with Crippen LogP contribution in [0.5, 0.6) is 5.75 Å². The number of nitrogens with one attached hydrogen (secondary N) is 2. The SMILES string of the molecule is Nc1ccc(O)cc1C(=O)NCCc1ncc[nH]1. The number of phenols is 1. The van der Waals surface area contributed by atoms with Crippen molar-refractivity contribution in [3.63, 3.8) is 0 Å². The van der Waals surface area contributed by atoms with Crippen LogP contribution in [0.15, 0.2) is 30.6 Å². The number of H-pyrrole nitrogens is 1. The molecule has 94 valence electrons. The lowest BCUT2D eigenvalue weighted by molar-refractivity contribution is 0.0954. The van der Waals surface area contributed by atoms with Gasteiger partial charge in [-0.05, 0) is 18.2 Å². The number of carbonyl (C=O) groups excluding carboxylic acids is 1. The average Bonchev–Trinajstić information content (AvgIpc) is 2.85. The lowest BCUT2D eigenvalue weighted by Crippen LogP contribution is -2.26. The number of aromatic amines is 1. The van der Waals surface area contributed by atoms with Gasteiger partial charge in [0, 0.05) is 31.0 Å². The summed E-state index contributed by atoms with van der Waals surface area (Å²) in [4.78, 5) is 18.8. The van der Waals surface area contributed by atoms with Crippen molar-refractivity contribution in [2.75, 3.05) is 12.3 Å². The standard InChI is InChI=1S/C12H14N4O2/c13-10-2-1-8(17)7-9(10)12(18)16-4-3-11-14-5-6-15-11/h1-2,5-7,17H,3-4,13H2,(H,14,15)(H,16,18). The van der Waals surface area contributed by atoms with Gasteiger partial charge in [0.1, 0.15) is 11.6 Å². The van der Waals surface area contributed by atoms with Crippen LogP contribution >= 0.6 is 0 Å². The molecule has 0 radical (unpaired) electrons. The normalized spacial score (nSPS) is 10.2. The summed E-state index contributed by atoms with van der Waals surface area (Å²) in [5, 5.41) is 12.0. The second-order valence-electron chi connectivity index (χ2n) is 3.81. The fraction of sp³-hybridized carbons (Fsp3) is 0.167. The Labute approximate surface area is 104 Å². The predicted molar refractivity (Wildman–Crippen MR) is 67.1 cm³/mol. The van der Waals surface area contributed by atoms with Crippen LogP contribution in [0.25, 0.3) is 0 Å². The van der Waals surface area contributed by atoms with Crippen molar-refractivity contribution in [1.82, 2.24) is 15.3 Å². The van der Waals surface area contributed by atoms with E-state index in [4.69, 9.17) is 5.73 Å². The van der Waals surface area contributed by atoms with Crippen LogP contribution in [0.3, 0.4) is 0 Å². The minimum atomic E-state index is -0.310. The molecule has 1 aromatic carbocycles. The molecule has 0 saturated heterocycles. The first-order chi connectivity index (χ1) is 8.66. The molecule has 0 aliphatic carbocycles. The van der Waals surface area contributed by atoms with E-state index in [1.165, 1.54) is 18.2 Å². The third kappa shape index (κ3) is 2.79. The fourth-order valence-electron chi connectivity index (χ4n) is 1.57. The molecule has 0 saturated carbocycles. The first kappa shape index (κ1) is 12.0. The van der Waals surface area contributed by atoms with Crippen molar-refractivity contribution in [3.05, 3.63) is 42.0 Å². The largest absolute Gasteiger partial charge is 0.508 e. The van der Waals surface area contributed by atoms with E-state index in [-0.39, 0.29) is 17.2 Å². The molecular formula is C12H14N4O2. The van der Waals surface area contributed by atoms with Gasteiger partial charge in [-0.15, -0.1) is 0 Å². The smallest absolute Gasteiger partial charge is 0.253 e. The molecule has 0 bridgehead atoms. The van der Waals surface area contributed by atoms with Crippen molar-refractivity contribution in [2.24, 2.45) is 0 Å². The van der Waals surface area contributed by atoms with E-state index in [9.17, 15) is 9.90 Å². The first-order valence-corrected chi connectivity index (χ1v) is 5.52. The Bertz CT molecular complexity index is 537. The second kappa shape index (κ2) is 5.22. The Kier molecular flexibility index (Phi) is 3.47. The van der Waals surface area contributed by atoms with Gasteiger partial charge in [-0.1, -0.05) is 0 Å². The van der Waals surface area contributed by atoms with Gasteiger partial charge in [0.2, 0.25) is 0 Å². The molecule has 6 nitrogen and oxygen atoms in total. The summed E-state index contributed by atoms with van der Waals surface area (Å²) in [7, 11) is 0. The molecule has 1 aromatic heterocycles. The summed E-state index contributed by atoms with van der Waals surface area (Å²) >= 11 is 0. The van der Waals surface area contributed by atoms with Crippen molar-refractivity contribution < 1.29 is 9.90 Å². The van der Waals surface area contributed by atoms with E-state index < -0.39 is 0 Å². The lowest BCUT2D eigenvalue weighted by atomic mass is 10.1. The number of nitrogens with two attached hydrogens (primary N) is 1. The molecule has 0 fully saturated rings. The van der Waals surface area contributed by atoms with Crippen LogP contribution < -0.4 is 11.1 Å². The minimum absolute atomic E-state index is 0.0142. The molecule has 1 heterocycles. The maximum atomic E-state index is 11.8. The zero-order valence-electron chi connectivity index (χ0n) is 9.68. The highest BCUT2D eigenvalue weighted by Crippen LogP contribution is 2.18. The molecule has 6 heteroatoms. The zero-order valence-corrected chi connectivity index (χ0v) is 9.68. The van der Waals surface area contributed by atoms with E-state index in [2.05, 4.69) is 15.3 Å². The van der Waals surface area contributed by atoms with Crippen LogP contribution in [0.4, 0.5) is 5.69 Å². The van der Waals surface area contributed by atoms with E-state index in [0.717, 1.165) is 5.82 Å². The molecule has 2 rings (SSSR count). The van der Waals surface area contributed by atoms with Gasteiger partial charge in [-0.3, -0.25) is 4.79 Å². The van der Waals surface area contributed by atoms with E-state index in [1.807, 2.05) is 0 Å². The molecule has 1 amide bonds. The molecule has 18 heavy (non-hydrogen) atoms. The molecular weight excluding hydrogens is 232 g/mol. The highest BCUT2D eigenvalue weighted by atomic mass is 16.3. The highest BCUT2D eigenvalue weighted by Gasteiger charge is 2.10. The topological polar surface area (TPSA) is 104 Å². The monoisotopic (exact) mass is 246 g/mol. The number of anilines is 1. The van der Waals surface area contributed by atoms with Gasteiger partial charge in [-0.25, -0.2) is 4.98 Å². The number of benzene rings is 1. The van der Waals surface area contributed by atoms with Gasteiger partial charge in [0.05, 0.1) is 5.56 Å². The van der Waals surface area contributed by atoms with Gasteiger partial charge in [-0.2, -0.15) is 0 Å². The summed E-state index contributed by atoms with van der Waals surface area (Å²) in [6.07, 6.45) is 3.99. The van der Waals surface area contributed by atoms with Crippen molar-refractivity contribution in [3.8, 4) is 5.75 Å². The number of aromatic hydroxyl groups is 1. The van der Waals surface area contributed by atoms with E-state index >= 15 is 0 Å². The van der Waals surface area contributed by atoms with Gasteiger partial charge in [0.15, 0.2) is 0 Å². The number of rotatable bonds is 4. The number of hydrogen-bond acceptors (Lipinski definition) is 4. The molecule has 2 aromatic rings. The number of imidazole rings is 1. The summed E-state index contributed by atoms with van der Waals surface area (Å²) < 4.78 is 0. The number of phenolic OH excluding ortho intramolecular Hbond substituents is 1. The maximum Gasteiger partial charge on any atom is 0.253 e. The minimum Gasteiger partial charge on any atom is -0.508 e. The summed E-state index contributed by atoms with van der Waals surface area (Å²) in [6, 6.07) is 4.28. The quantitative estimate of drug-likeness (QED) is 0.470. The van der Waals surface area contributed by atoms with Crippen molar-refractivity contribution >= 4 is 11.6 Å². The fourth-order valence-corrected chi connectivity index (χ4v) is 1.57. The number of nitrogens with zero attached hydrogens (tertiary/aromatic N) is 1. The van der Waals surface area contributed by atoms with Crippen molar-refractivity contribution in [2.45, 2.75) is 6.42 Å². The summed E-state index contributed by atoms with van der Waals surface area (Å²) in [6.45, 7) is 0.446. The lowest BCUT2D eigenvalue weighted by Gasteiger charge is -2.07. The number of aromatic nitrogens is 2. The van der Waals surface area contributed by atoms with Crippen LogP contribution in [0.2, 0.25) is 0 Å². The van der Waals surface area contributed by atoms with Crippen LogP contribution in [-0.2, 0) is 6.42 Å². The maximum absolute atomic E-state index is 11.8. The molecule has 0 atom stereocenters. The zero-order chi connectivity index (χ0) is 13.0. The van der Waals surface area contributed by atoms with Crippen LogP contribution in [0, 0.1) is 0 Å². The van der Waals surface area contributed by atoms with Crippen molar-refractivity contribution in [1.29, 1.82) is 0 Å². The highest BCUT2D eigenvalue weighted by molar-refractivity contribution is 5.99. The first-order valence-electron chi connectivity index (χ1n) is 5.52. The Balaban J connectivity index is 1.93. The van der Waals surface area contributed by atoms with Gasteiger partial charge >= 0.3 is 0 Å². The summed E-state index contributed by atoms with van der Waals surface area (Å²) in [5.41, 5.74) is 6.28. The third-order valence-electron chi connectivity index (χ3n) is 2.48. The Morgan fingerprint density at radius 2 is 2.33 bits per heavy atom. The van der Waals surface area contributed by atoms with Gasteiger partial charge < -0.3 is 21.1 Å². The van der Waals surface area contributed by atoms with E-state index in [0.29, 0.717) is 18.7 Å². The van der Waals surface area contributed by atoms with Gasteiger partial charge in [0.25, 0.3) is 5.91 Å². The Morgan fingerprint density at radius 1 is 1.50 bits per heavy atom. The molecule has 0 aliphatic rings. The molecule has 5 N–H and O–H groups in total. The third-order valence-corrected chi connectivity index (χ3v) is 2.48. The van der Waals surface area contributed by atoms with Crippen LogP contribution in [-0.4, -0.2) is 27.5 Å². The molecule has 0 spiro atoms. The number of hydrogen-bond donors (Lipinski definition) is 4. The molecule has 0 aliphatic heterocycles. The number of amides is 1. The Hall–Kier alpha value is -2.50. The summed E-state index contributed by atoms with van der Waals surface area (Å²) in [5.74, 6) is 0.509. The Morgan fingerprint density at radius 3 is 3.06 bits per heavy atom. The van der Waals surface area contributed by atoms with Crippen LogP contribution in [0.1, 0.15) is 16.2 Å². The molecule has 0 unspecified atom stereocenters.